The summed E-state index contributed by atoms with van der Waals surface area (Å²) in [6.45, 7) is -2.86. The van der Waals surface area contributed by atoms with Crippen LogP contribution in [0.15, 0.2) is 0 Å². The van der Waals surface area contributed by atoms with Gasteiger partial charge in [0.25, 0.3) is 0 Å². The molecular weight excluding hydrogens is 392 g/mol. The largest absolute Gasteiger partial charge is 0.394 e. The van der Waals surface area contributed by atoms with Crippen molar-refractivity contribution in [2.24, 2.45) is 0 Å². The van der Waals surface area contributed by atoms with Crippen LogP contribution in [0.25, 0.3) is 0 Å². The van der Waals surface area contributed by atoms with Gasteiger partial charge in [0.2, 0.25) is 0 Å². The smallest absolute Gasteiger partial charge is 0.151 e. The maximum Gasteiger partial charge on any atom is 0.151 e. The lowest BCUT2D eigenvalue weighted by atomic mass is 10.0. The van der Waals surface area contributed by atoms with Gasteiger partial charge in [-0.25, -0.2) is 0 Å². The summed E-state index contributed by atoms with van der Waals surface area (Å²) in [5, 5.41) is 110. The Hall–Kier alpha value is -0.850. The van der Waals surface area contributed by atoms with Gasteiger partial charge in [-0.2, -0.15) is 0 Å². The molecule has 0 bridgehead atoms. The molecule has 0 aromatic rings. The van der Waals surface area contributed by atoms with E-state index in [4.69, 9.17) is 66.4 Å². The van der Waals surface area contributed by atoms with E-state index in [0.717, 1.165) is 0 Å². The molecule has 172 valence electrons. The molecule has 0 radical (unpaired) electrons. The average Bonchev–Trinajstić information content (AvgIpc) is 2.74. The fourth-order valence-electron chi connectivity index (χ4n) is 1.10. The van der Waals surface area contributed by atoms with E-state index in [9.17, 15) is 4.79 Å². The molecule has 0 heterocycles. The lowest BCUT2D eigenvalue weighted by Gasteiger charge is -2.22. The fraction of sp³-hybridized carbons (Fsp3) is 0.929. The van der Waals surface area contributed by atoms with Crippen molar-refractivity contribution in [1.29, 1.82) is 0 Å². The van der Waals surface area contributed by atoms with Crippen molar-refractivity contribution in [3.05, 3.63) is 0 Å². The van der Waals surface area contributed by atoms with E-state index in [1.165, 1.54) is 0 Å². The highest BCUT2D eigenvalue weighted by Gasteiger charge is 2.29. The van der Waals surface area contributed by atoms with Crippen LogP contribution < -0.4 is 0 Å². The molecule has 0 spiro atoms. The molecule has 28 heavy (non-hydrogen) atoms. The molecule has 14 nitrogen and oxygen atoms in total. The Morgan fingerprint density at radius 2 is 0.714 bits per heavy atom. The molecule has 0 aliphatic heterocycles. The monoisotopic (exact) mass is 424 g/mol. The minimum atomic E-state index is -1.79. The zero-order chi connectivity index (χ0) is 22.9. The Kier molecular flexibility index (Phi) is 22.1. The maximum atomic E-state index is 9.90. The van der Waals surface area contributed by atoms with Gasteiger partial charge in [-0.05, 0) is 0 Å². The third kappa shape index (κ3) is 15.1. The molecular formula is C14H32O14. The number of aldehydes is 1. The van der Waals surface area contributed by atoms with Gasteiger partial charge in [-0.1, -0.05) is 0 Å². The molecule has 0 saturated carbocycles. The number of carbonyl (C=O) groups is 1. The summed E-state index contributed by atoms with van der Waals surface area (Å²) in [5.41, 5.74) is 0. The van der Waals surface area contributed by atoms with E-state index < -0.39 is 81.9 Å². The van der Waals surface area contributed by atoms with Gasteiger partial charge in [0.1, 0.15) is 48.8 Å². The van der Waals surface area contributed by atoms with E-state index in [-0.39, 0.29) is 6.29 Å². The standard InChI is InChI=1S/C6H12O6.2C4H10O4/c7-1-3(9)5(11)6(12)4(10)2-8;2*5-1-3(7)4(8)2-6/h1,3-6,8-12H,2H2;2*3-8H,1-2H2/t3-,4+,5+,6+;2*3-,4+/m0../s1. The lowest BCUT2D eigenvalue weighted by Crippen LogP contribution is -2.46. The first-order valence-corrected chi connectivity index (χ1v) is 7.92. The van der Waals surface area contributed by atoms with Crippen LogP contribution in [0.5, 0.6) is 0 Å². The number of aliphatic hydroxyl groups excluding tert-OH is 13. The van der Waals surface area contributed by atoms with Crippen LogP contribution in [0.1, 0.15) is 0 Å². The Morgan fingerprint density at radius 3 is 0.893 bits per heavy atom. The van der Waals surface area contributed by atoms with Crippen LogP contribution in [0, 0.1) is 0 Å². The predicted octanol–water partition coefficient (Wildman–Crippen LogP) is -7.99. The summed E-state index contributed by atoms with van der Waals surface area (Å²) < 4.78 is 0. The van der Waals surface area contributed by atoms with Crippen molar-refractivity contribution in [2.75, 3.05) is 33.0 Å². The van der Waals surface area contributed by atoms with Gasteiger partial charge < -0.3 is 71.2 Å². The van der Waals surface area contributed by atoms with Crippen molar-refractivity contribution in [3.63, 3.8) is 0 Å². The highest BCUT2D eigenvalue weighted by molar-refractivity contribution is 5.56. The Balaban J connectivity index is -0.000000347. The summed E-state index contributed by atoms with van der Waals surface area (Å²) in [7, 11) is 0. The van der Waals surface area contributed by atoms with Gasteiger partial charge in [-0.3, -0.25) is 0 Å². The quantitative estimate of drug-likeness (QED) is 0.137. The van der Waals surface area contributed by atoms with Gasteiger partial charge in [0.15, 0.2) is 6.29 Å². The zero-order valence-electron chi connectivity index (χ0n) is 15.0. The van der Waals surface area contributed by atoms with Crippen molar-refractivity contribution in [1.82, 2.24) is 0 Å². The molecule has 0 aromatic carbocycles. The molecule has 0 aliphatic carbocycles. The van der Waals surface area contributed by atoms with E-state index >= 15 is 0 Å². The zero-order valence-corrected chi connectivity index (χ0v) is 15.0. The highest BCUT2D eigenvalue weighted by atomic mass is 16.4. The van der Waals surface area contributed by atoms with E-state index in [1.54, 1.807) is 0 Å². The highest BCUT2D eigenvalue weighted by Crippen LogP contribution is 2.02. The van der Waals surface area contributed by atoms with E-state index in [1.807, 2.05) is 0 Å². The van der Waals surface area contributed by atoms with Crippen molar-refractivity contribution in [2.45, 2.75) is 48.8 Å². The van der Waals surface area contributed by atoms with Crippen LogP contribution in [-0.4, -0.2) is 155 Å². The average molecular weight is 424 g/mol. The summed E-state index contributed by atoms with van der Waals surface area (Å²) in [4.78, 5) is 9.90. The Bertz CT molecular complexity index is 314. The van der Waals surface area contributed by atoms with Gasteiger partial charge in [-0.15, -0.1) is 0 Å². The first-order valence-electron chi connectivity index (χ1n) is 7.92. The Labute approximate surface area is 160 Å². The minimum absolute atomic E-state index is 0.0258. The topological polar surface area (TPSA) is 280 Å². The summed E-state index contributed by atoms with van der Waals surface area (Å²) in [5.74, 6) is 0. The van der Waals surface area contributed by atoms with Crippen LogP contribution >= 0.6 is 0 Å². The molecule has 0 fully saturated rings. The number of rotatable bonds is 11. The number of hydrogen-bond donors (Lipinski definition) is 13. The first-order chi connectivity index (χ1) is 13.0. The summed E-state index contributed by atoms with van der Waals surface area (Å²) in [6.07, 6.45) is -11.7. The van der Waals surface area contributed by atoms with E-state index in [0.29, 0.717) is 0 Å². The van der Waals surface area contributed by atoms with Crippen LogP contribution in [0.4, 0.5) is 0 Å². The maximum absolute atomic E-state index is 9.90. The molecule has 0 rings (SSSR count). The molecule has 8 atom stereocenters. The fourth-order valence-corrected chi connectivity index (χ4v) is 1.10. The SMILES string of the molecule is O=C[C@H](O)[C@@H](O)[C@H](O)[C@H](O)CO.OC[C@@H](O)[C@@H](O)CO.OC[C@@H](O)[C@@H](O)CO. The molecule has 0 unspecified atom stereocenters. The molecule has 0 aromatic heterocycles. The van der Waals surface area contributed by atoms with Crippen molar-refractivity contribution >= 4 is 6.29 Å². The Morgan fingerprint density at radius 1 is 0.464 bits per heavy atom. The van der Waals surface area contributed by atoms with E-state index in [2.05, 4.69) is 0 Å². The predicted molar refractivity (Wildman–Crippen MR) is 89.5 cm³/mol. The molecule has 13 N–H and O–H groups in total. The summed E-state index contributed by atoms with van der Waals surface area (Å²) >= 11 is 0. The third-order valence-corrected chi connectivity index (χ3v) is 3.06. The van der Waals surface area contributed by atoms with Crippen molar-refractivity contribution < 1.29 is 71.2 Å². The molecule has 0 amide bonds. The minimum Gasteiger partial charge on any atom is -0.394 e. The van der Waals surface area contributed by atoms with Crippen LogP contribution in [0.2, 0.25) is 0 Å². The first kappa shape index (κ1) is 31.8. The van der Waals surface area contributed by atoms with Gasteiger partial charge in [0, 0.05) is 0 Å². The van der Waals surface area contributed by atoms with Gasteiger partial charge >= 0.3 is 0 Å². The number of carbonyl (C=O) groups excluding carboxylic acids is 1. The molecule has 0 aliphatic rings. The third-order valence-electron chi connectivity index (χ3n) is 3.06. The second kappa shape index (κ2) is 19.5. The molecule has 14 heteroatoms. The lowest BCUT2D eigenvalue weighted by molar-refractivity contribution is -0.136. The number of hydrogen-bond acceptors (Lipinski definition) is 14. The normalized spacial score (nSPS) is 19.3. The van der Waals surface area contributed by atoms with Crippen molar-refractivity contribution in [3.8, 4) is 0 Å². The second-order valence-electron chi connectivity index (χ2n) is 5.36. The van der Waals surface area contributed by atoms with Crippen LogP contribution in [0.3, 0.4) is 0 Å². The summed E-state index contributed by atoms with van der Waals surface area (Å²) in [6, 6.07) is 0. The molecule has 0 saturated heterocycles. The van der Waals surface area contributed by atoms with Gasteiger partial charge in [0.05, 0.1) is 33.0 Å². The number of aliphatic hydroxyl groups is 13. The second-order valence-corrected chi connectivity index (χ2v) is 5.36. The van der Waals surface area contributed by atoms with Crippen LogP contribution in [-0.2, 0) is 4.79 Å².